The highest BCUT2D eigenvalue weighted by Gasteiger charge is 2.19. The topological polar surface area (TPSA) is 56.1 Å². The van der Waals surface area contributed by atoms with E-state index in [1.165, 1.54) is 31.4 Å². The number of methoxy groups -OCH3 is 1. The summed E-state index contributed by atoms with van der Waals surface area (Å²) in [6.45, 7) is 3.74. The van der Waals surface area contributed by atoms with Crippen molar-refractivity contribution in [3.63, 3.8) is 0 Å². The van der Waals surface area contributed by atoms with Gasteiger partial charge in [0, 0.05) is 16.8 Å². The molecule has 1 amide bonds. The third-order valence-corrected chi connectivity index (χ3v) is 4.96. The van der Waals surface area contributed by atoms with Crippen LogP contribution in [-0.4, -0.2) is 22.8 Å². The molecule has 0 bridgehead atoms. The van der Waals surface area contributed by atoms with Crippen LogP contribution in [0.3, 0.4) is 0 Å². The second-order valence-electron chi connectivity index (χ2n) is 6.24. The average molecular weight is 422 g/mol. The maximum absolute atomic E-state index is 13.1. The molecule has 0 radical (unpaired) electrons. The molecule has 3 aromatic rings. The Morgan fingerprint density at radius 3 is 2.39 bits per heavy atom. The largest absolute Gasteiger partial charge is 0.494 e. The lowest BCUT2D eigenvalue weighted by molar-refractivity contribution is 0.0940. The maximum Gasteiger partial charge on any atom is 0.251 e. The Hall–Kier alpha value is -2.57. The number of rotatable bonds is 5. The number of hydrogen-bond acceptors (Lipinski definition) is 3. The predicted octanol–water partition coefficient (Wildman–Crippen LogP) is 5.13. The van der Waals surface area contributed by atoms with E-state index in [1.807, 2.05) is 13.8 Å². The van der Waals surface area contributed by atoms with E-state index in [-0.39, 0.29) is 27.8 Å². The Labute approximate surface area is 172 Å². The molecule has 2 aromatic carbocycles. The Morgan fingerprint density at radius 2 is 1.82 bits per heavy atom. The molecule has 1 heterocycles. The van der Waals surface area contributed by atoms with Crippen LogP contribution in [-0.2, 0) is 0 Å². The van der Waals surface area contributed by atoms with Crippen molar-refractivity contribution in [2.75, 3.05) is 7.11 Å². The third kappa shape index (κ3) is 3.98. The summed E-state index contributed by atoms with van der Waals surface area (Å²) in [4.78, 5) is 12.6. The number of halogens is 3. The predicted molar refractivity (Wildman–Crippen MR) is 107 cm³/mol. The lowest BCUT2D eigenvalue weighted by atomic mass is 10.1. The van der Waals surface area contributed by atoms with E-state index in [9.17, 15) is 9.18 Å². The second-order valence-corrected chi connectivity index (χ2v) is 7.06. The summed E-state index contributed by atoms with van der Waals surface area (Å²) >= 11 is 12.2. The van der Waals surface area contributed by atoms with Gasteiger partial charge in [-0.25, -0.2) is 9.07 Å². The highest BCUT2D eigenvalue weighted by atomic mass is 35.5. The summed E-state index contributed by atoms with van der Waals surface area (Å²) < 4.78 is 19.9. The Kier molecular flexibility index (Phi) is 5.91. The first-order valence-electron chi connectivity index (χ1n) is 8.46. The Bertz CT molecular complexity index is 996. The van der Waals surface area contributed by atoms with Crippen molar-refractivity contribution in [1.29, 1.82) is 0 Å². The number of hydrogen-bond donors (Lipinski definition) is 1. The fourth-order valence-corrected chi connectivity index (χ4v) is 3.58. The molecule has 28 heavy (non-hydrogen) atoms. The summed E-state index contributed by atoms with van der Waals surface area (Å²) in [6, 6.07) is 8.72. The number of ether oxygens (including phenoxy) is 1. The van der Waals surface area contributed by atoms with Crippen LogP contribution in [0.5, 0.6) is 5.75 Å². The van der Waals surface area contributed by atoms with E-state index in [0.29, 0.717) is 11.3 Å². The van der Waals surface area contributed by atoms with E-state index in [0.717, 1.165) is 16.9 Å². The van der Waals surface area contributed by atoms with Crippen molar-refractivity contribution in [3.05, 3.63) is 75.3 Å². The summed E-state index contributed by atoms with van der Waals surface area (Å²) in [7, 11) is 1.45. The van der Waals surface area contributed by atoms with E-state index in [1.54, 1.807) is 23.0 Å². The normalized spacial score (nSPS) is 11.9. The molecule has 1 N–H and O–H groups in total. The molecular weight excluding hydrogens is 404 g/mol. The molecular formula is C20H18Cl2FN3O2. The van der Waals surface area contributed by atoms with Crippen LogP contribution in [0, 0.1) is 12.7 Å². The van der Waals surface area contributed by atoms with Crippen molar-refractivity contribution >= 4 is 29.1 Å². The van der Waals surface area contributed by atoms with E-state index < -0.39 is 0 Å². The third-order valence-electron chi connectivity index (χ3n) is 4.40. The summed E-state index contributed by atoms with van der Waals surface area (Å²) in [5.41, 5.74) is 2.73. The molecule has 5 nitrogen and oxygen atoms in total. The molecule has 0 spiro atoms. The van der Waals surface area contributed by atoms with Gasteiger partial charge in [-0.2, -0.15) is 5.10 Å². The number of benzene rings is 2. The van der Waals surface area contributed by atoms with Gasteiger partial charge in [0.05, 0.1) is 35.1 Å². The van der Waals surface area contributed by atoms with Crippen molar-refractivity contribution in [3.8, 4) is 11.4 Å². The molecule has 1 aromatic heterocycles. The average Bonchev–Trinajstić information content (AvgIpc) is 3.03. The molecule has 0 aliphatic heterocycles. The SMILES string of the molecule is COc1c(Cl)cc(C(=O)NC(C)c2cnn(-c3ccc(F)cc3)c2C)cc1Cl. The number of carbonyl (C=O) groups excluding carboxylic acids is 1. The number of nitrogens with zero attached hydrogens (tertiary/aromatic N) is 2. The molecule has 3 rings (SSSR count). The fourth-order valence-electron chi connectivity index (χ4n) is 2.93. The molecule has 1 unspecified atom stereocenters. The zero-order valence-electron chi connectivity index (χ0n) is 15.5. The van der Waals surface area contributed by atoms with Gasteiger partial charge in [0.2, 0.25) is 0 Å². The van der Waals surface area contributed by atoms with Crippen LogP contribution < -0.4 is 10.1 Å². The lowest BCUT2D eigenvalue weighted by Crippen LogP contribution is -2.27. The summed E-state index contributed by atoms with van der Waals surface area (Å²) in [5.74, 6) is -0.316. The molecule has 8 heteroatoms. The number of nitrogens with one attached hydrogen (secondary N) is 1. The molecule has 146 valence electrons. The minimum atomic E-state index is -0.326. The van der Waals surface area contributed by atoms with Crippen LogP contribution in [0.2, 0.25) is 10.0 Å². The standard InChI is InChI=1S/C20H18Cl2FN3O2/c1-11(25-20(27)13-8-17(21)19(28-3)18(22)9-13)16-10-24-26(12(16)2)15-6-4-14(23)5-7-15/h4-11H,1-3H3,(H,25,27). The highest BCUT2D eigenvalue weighted by molar-refractivity contribution is 6.37. The van der Waals surface area contributed by atoms with Gasteiger partial charge in [0.25, 0.3) is 5.91 Å². The van der Waals surface area contributed by atoms with Crippen molar-refractivity contribution < 1.29 is 13.9 Å². The minimum Gasteiger partial charge on any atom is -0.494 e. The van der Waals surface area contributed by atoms with Crippen LogP contribution in [0.15, 0.2) is 42.6 Å². The molecule has 1 atom stereocenters. The molecule has 0 saturated carbocycles. The van der Waals surface area contributed by atoms with Gasteiger partial charge in [-0.05, 0) is 50.2 Å². The van der Waals surface area contributed by atoms with Crippen LogP contribution in [0.1, 0.15) is 34.6 Å². The van der Waals surface area contributed by atoms with Gasteiger partial charge in [0.15, 0.2) is 5.75 Å². The van der Waals surface area contributed by atoms with Gasteiger partial charge in [-0.3, -0.25) is 4.79 Å². The maximum atomic E-state index is 13.1. The van der Waals surface area contributed by atoms with Crippen molar-refractivity contribution in [2.24, 2.45) is 0 Å². The number of amides is 1. The first-order chi connectivity index (χ1) is 13.3. The zero-order chi connectivity index (χ0) is 20.4. The molecule has 0 saturated heterocycles. The monoisotopic (exact) mass is 421 g/mol. The van der Waals surface area contributed by atoms with Crippen LogP contribution in [0.25, 0.3) is 5.69 Å². The molecule has 0 fully saturated rings. The van der Waals surface area contributed by atoms with Gasteiger partial charge in [-0.15, -0.1) is 0 Å². The van der Waals surface area contributed by atoms with Gasteiger partial charge in [0.1, 0.15) is 5.82 Å². The van der Waals surface area contributed by atoms with E-state index in [2.05, 4.69) is 10.4 Å². The Morgan fingerprint density at radius 1 is 1.21 bits per heavy atom. The summed E-state index contributed by atoms with van der Waals surface area (Å²) in [6.07, 6.45) is 1.68. The fraction of sp³-hybridized carbons (Fsp3) is 0.200. The second kappa shape index (κ2) is 8.20. The lowest BCUT2D eigenvalue weighted by Gasteiger charge is -2.15. The highest BCUT2D eigenvalue weighted by Crippen LogP contribution is 2.34. The Balaban J connectivity index is 1.81. The minimum absolute atomic E-state index is 0.258. The quantitative estimate of drug-likeness (QED) is 0.621. The van der Waals surface area contributed by atoms with E-state index in [4.69, 9.17) is 27.9 Å². The zero-order valence-corrected chi connectivity index (χ0v) is 17.0. The van der Waals surface area contributed by atoms with E-state index >= 15 is 0 Å². The van der Waals surface area contributed by atoms with Crippen LogP contribution in [0.4, 0.5) is 4.39 Å². The smallest absolute Gasteiger partial charge is 0.251 e. The number of aromatic nitrogens is 2. The molecule has 0 aliphatic rings. The first-order valence-corrected chi connectivity index (χ1v) is 9.21. The number of carbonyl (C=O) groups is 1. The molecule has 0 aliphatic carbocycles. The summed E-state index contributed by atoms with van der Waals surface area (Å²) in [5, 5.41) is 7.78. The van der Waals surface area contributed by atoms with Crippen LogP contribution >= 0.6 is 23.2 Å². The van der Waals surface area contributed by atoms with Crippen molar-refractivity contribution in [2.45, 2.75) is 19.9 Å². The van der Waals surface area contributed by atoms with Gasteiger partial charge >= 0.3 is 0 Å². The van der Waals surface area contributed by atoms with Gasteiger partial charge < -0.3 is 10.1 Å². The van der Waals surface area contributed by atoms with Gasteiger partial charge in [-0.1, -0.05) is 23.2 Å². The van der Waals surface area contributed by atoms with Crippen molar-refractivity contribution in [1.82, 2.24) is 15.1 Å². The first kappa shape index (κ1) is 20.2.